The van der Waals surface area contributed by atoms with Crippen molar-refractivity contribution in [3.8, 4) is 0 Å². The van der Waals surface area contributed by atoms with Crippen LogP contribution in [0.15, 0.2) is 16.9 Å². The second kappa shape index (κ2) is 6.87. The van der Waals surface area contributed by atoms with E-state index in [0.717, 1.165) is 47.4 Å². The third-order valence-corrected chi connectivity index (χ3v) is 5.09. The van der Waals surface area contributed by atoms with Crippen LogP contribution in [-0.2, 0) is 7.05 Å². The summed E-state index contributed by atoms with van der Waals surface area (Å²) >= 11 is 3.45. The molecule has 3 heterocycles. The highest BCUT2D eigenvalue weighted by molar-refractivity contribution is 9.10. The molecule has 0 bridgehead atoms. The molecule has 0 spiro atoms. The van der Waals surface area contributed by atoms with Gasteiger partial charge >= 0.3 is 0 Å². The zero-order valence-corrected chi connectivity index (χ0v) is 16.0. The van der Waals surface area contributed by atoms with Crippen molar-refractivity contribution in [2.75, 3.05) is 13.1 Å². The van der Waals surface area contributed by atoms with Crippen molar-refractivity contribution in [1.29, 1.82) is 0 Å². The smallest absolute Gasteiger partial charge is 0.127 e. The molecule has 3 rings (SSSR count). The van der Waals surface area contributed by atoms with Crippen LogP contribution in [0.4, 0.5) is 0 Å². The van der Waals surface area contributed by atoms with E-state index in [1.165, 1.54) is 0 Å². The fraction of sp³-hybridized carbons (Fsp3) is 0.647. The van der Waals surface area contributed by atoms with E-state index in [2.05, 4.69) is 63.5 Å². The fourth-order valence-electron chi connectivity index (χ4n) is 3.75. The first kappa shape index (κ1) is 16.9. The number of imidazole rings is 1. The summed E-state index contributed by atoms with van der Waals surface area (Å²) in [7, 11) is 2.11. The number of piperazine rings is 1. The van der Waals surface area contributed by atoms with E-state index in [4.69, 9.17) is 4.98 Å². The number of nitrogens with zero attached hydrogens (tertiary/aromatic N) is 4. The molecule has 0 aliphatic carbocycles. The van der Waals surface area contributed by atoms with E-state index < -0.39 is 0 Å². The SMILES string of the molecule is CCCC(c1nc2cc(Br)ncc2n1C)N1C[C@@H](C)N[C@@H](C)C1. The molecule has 6 heteroatoms. The Labute approximate surface area is 146 Å². The number of aromatic nitrogens is 3. The average molecular weight is 380 g/mol. The highest BCUT2D eigenvalue weighted by atomic mass is 79.9. The molecular weight excluding hydrogens is 354 g/mol. The maximum atomic E-state index is 4.95. The summed E-state index contributed by atoms with van der Waals surface area (Å²) in [5.74, 6) is 1.16. The van der Waals surface area contributed by atoms with Gasteiger partial charge in [0.2, 0.25) is 0 Å². The van der Waals surface area contributed by atoms with Gasteiger partial charge in [0, 0.05) is 32.2 Å². The second-order valence-electron chi connectivity index (χ2n) is 6.75. The number of nitrogens with one attached hydrogen (secondary N) is 1. The number of halogens is 1. The van der Waals surface area contributed by atoms with E-state index in [1.54, 1.807) is 0 Å². The Morgan fingerprint density at radius 1 is 1.35 bits per heavy atom. The molecule has 1 unspecified atom stereocenters. The summed E-state index contributed by atoms with van der Waals surface area (Å²) < 4.78 is 3.05. The first-order valence-corrected chi connectivity index (χ1v) is 9.26. The quantitative estimate of drug-likeness (QED) is 0.828. The predicted octanol–water partition coefficient (Wildman–Crippen LogP) is 3.25. The minimum absolute atomic E-state index is 0.364. The molecule has 1 fully saturated rings. The van der Waals surface area contributed by atoms with Crippen LogP contribution < -0.4 is 5.32 Å². The number of hydrogen-bond donors (Lipinski definition) is 1. The van der Waals surface area contributed by atoms with Crippen molar-refractivity contribution in [1.82, 2.24) is 24.8 Å². The molecule has 2 aromatic rings. The van der Waals surface area contributed by atoms with Gasteiger partial charge in [0.25, 0.3) is 0 Å². The van der Waals surface area contributed by atoms with Crippen molar-refractivity contribution in [3.63, 3.8) is 0 Å². The maximum absolute atomic E-state index is 4.95. The van der Waals surface area contributed by atoms with E-state index in [0.29, 0.717) is 18.1 Å². The van der Waals surface area contributed by atoms with Crippen LogP contribution in [0, 0.1) is 0 Å². The van der Waals surface area contributed by atoms with Crippen LogP contribution in [0.3, 0.4) is 0 Å². The molecule has 0 amide bonds. The van der Waals surface area contributed by atoms with Crippen molar-refractivity contribution < 1.29 is 0 Å². The van der Waals surface area contributed by atoms with Crippen molar-refractivity contribution in [2.45, 2.75) is 51.7 Å². The second-order valence-corrected chi connectivity index (χ2v) is 7.56. The lowest BCUT2D eigenvalue weighted by atomic mass is 10.0. The van der Waals surface area contributed by atoms with Crippen molar-refractivity contribution in [2.24, 2.45) is 7.05 Å². The first-order chi connectivity index (χ1) is 11.0. The predicted molar refractivity (Wildman–Crippen MR) is 97.5 cm³/mol. The lowest BCUT2D eigenvalue weighted by Gasteiger charge is -2.40. The minimum atomic E-state index is 0.364. The lowest BCUT2D eigenvalue weighted by Crippen LogP contribution is -2.55. The van der Waals surface area contributed by atoms with E-state index in [1.807, 2.05) is 12.3 Å². The van der Waals surface area contributed by atoms with Crippen LogP contribution in [0.2, 0.25) is 0 Å². The number of hydrogen-bond acceptors (Lipinski definition) is 4. The Bertz CT molecular complexity index is 673. The molecular formula is C17H26BrN5. The Morgan fingerprint density at radius 2 is 2.04 bits per heavy atom. The third kappa shape index (κ3) is 3.44. The van der Waals surface area contributed by atoms with Crippen molar-refractivity contribution in [3.05, 3.63) is 22.7 Å². The minimum Gasteiger partial charge on any atom is -0.329 e. The molecule has 1 aliphatic rings. The molecule has 3 atom stereocenters. The Balaban J connectivity index is 1.99. The molecule has 2 aromatic heterocycles. The highest BCUT2D eigenvalue weighted by Gasteiger charge is 2.30. The van der Waals surface area contributed by atoms with Gasteiger partial charge in [-0.2, -0.15) is 0 Å². The Morgan fingerprint density at radius 3 is 2.70 bits per heavy atom. The standard InChI is InChI=1S/C17H26BrN5/c1-5-6-14(23-9-11(2)20-12(3)10-23)17-21-13-7-16(18)19-8-15(13)22(17)4/h7-8,11-12,14,20H,5-6,9-10H2,1-4H3/t11-,12+,14?. The molecule has 1 aliphatic heterocycles. The highest BCUT2D eigenvalue weighted by Crippen LogP contribution is 2.29. The third-order valence-electron chi connectivity index (χ3n) is 4.66. The van der Waals surface area contributed by atoms with Gasteiger partial charge in [0.05, 0.1) is 23.3 Å². The van der Waals surface area contributed by atoms with Crippen molar-refractivity contribution >= 4 is 27.0 Å². The van der Waals surface area contributed by atoms with Crippen LogP contribution >= 0.6 is 15.9 Å². The molecule has 1 N–H and O–H groups in total. The van der Waals surface area contributed by atoms with Gasteiger partial charge < -0.3 is 9.88 Å². The van der Waals surface area contributed by atoms with Gasteiger partial charge in [-0.25, -0.2) is 9.97 Å². The molecule has 0 aromatic carbocycles. The van der Waals surface area contributed by atoms with E-state index in [-0.39, 0.29) is 0 Å². The molecule has 23 heavy (non-hydrogen) atoms. The fourth-order valence-corrected chi connectivity index (χ4v) is 4.07. The first-order valence-electron chi connectivity index (χ1n) is 8.47. The summed E-state index contributed by atoms with van der Waals surface area (Å²) in [5.41, 5.74) is 2.11. The molecule has 0 radical (unpaired) electrons. The average Bonchev–Trinajstić information content (AvgIpc) is 2.80. The number of rotatable bonds is 4. The topological polar surface area (TPSA) is 46.0 Å². The monoisotopic (exact) mass is 379 g/mol. The van der Waals surface area contributed by atoms with Gasteiger partial charge in [-0.15, -0.1) is 0 Å². The largest absolute Gasteiger partial charge is 0.329 e. The van der Waals surface area contributed by atoms with Crippen LogP contribution in [0.5, 0.6) is 0 Å². The van der Waals surface area contributed by atoms with Crippen LogP contribution in [-0.4, -0.2) is 44.6 Å². The molecule has 0 saturated carbocycles. The zero-order chi connectivity index (χ0) is 16.6. The Hall–Kier alpha value is -0.980. The summed E-state index contributed by atoms with van der Waals surface area (Å²) in [5, 5.41) is 3.62. The van der Waals surface area contributed by atoms with Gasteiger partial charge in [0.15, 0.2) is 0 Å². The normalized spacial score (nSPS) is 24.2. The number of pyridine rings is 1. The van der Waals surface area contributed by atoms with Gasteiger partial charge in [-0.1, -0.05) is 13.3 Å². The summed E-state index contributed by atoms with van der Waals surface area (Å²) in [6.45, 7) is 8.92. The van der Waals surface area contributed by atoms with E-state index >= 15 is 0 Å². The molecule has 126 valence electrons. The Kier molecular flexibility index (Phi) is 5.04. The number of fused-ring (bicyclic) bond motifs is 1. The maximum Gasteiger partial charge on any atom is 0.127 e. The van der Waals surface area contributed by atoms with Crippen LogP contribution in [0.25, 0.3) is 11.0 Å². The summed E-state index contributed by atoms with van der Waals surface area (Å²) in [6, 6.07) is 3.40. The summed E-state index contributed by atoms with van der Waals surface area (Å²) in [6.07, 6.45) is 4.19. The molecule has 1 saturated heterocycles. The van der Waals surface area contributed by atoms with E-state index in [9.17, 15) is 0 Å². The summed E-state index contributed by atoms with van der Waals surface area (Å²) in [4.78, 5) is 11.9. The van der Waals surface area contributed by atoms with Gasteiger partial charge in [-0.05, 0) is 42.3 Å². The van der Waals surface area contributed by atoms with Crippen LogP contribution in [0.1, 0.15) is 45.5 Å². The zero-order valence-electron chi connectivity index (χ0n) is 14.4. The number of aryl methyl sites for hydroxylation is 1. The van der Waals surface area contributed by atoms with Gasteiger partial charge in [-0.3, -0.25) is 4.90 Å². The molecule has 5 nitrogen and oxygen atoms in total. The lowest BCUT2D eigenvalue weighted by molar-refractivity contribution is 0.110. The van der Waals surface area contributed by atoms with Gasteiger partial charge in [0.1, 0.15) is 10.4 Å².